The minimum Gasteiger partial charge on any atom is -0.316 e. The van der Waals surface area contributed by atoms with Crippen LogP contribution in [-0.2, 0) is 12.4 Å². The molecule has 1 unspecified atom stereocenters. The van der Waals surface area contributed by atoms with Gasteiger partial charge in [-0.15, -0.1) is 21.8 Å². The summed E-state index contributed by atoms with van der Waals surface area (Å²) < 4.78 is 2.02. The number of aromatic nitrogens is 3. The Morgan fingerprint density at radius 3 is 3.08 bits per heavy atom. The molecule has 0 aromatic carbocycles. The van der Waals surface area contributed by atoms with Gasteiger partial charge in [0.25, 0.3) is 0 Å². The third-order valence-electron chi connectivity index (χ3n) is 1.77. The van der Waals surface area contributed by atoms with Crippen molar-refractivity contribution < 1.29 is 0 Å². The van der Waals surface area contributed by atoms with Crippen molar-refractivity contribution in [2.24, 2.45) is 5.92 Å². The largest absolute Gasteiger partial charge is 0.316 e. The van der Waals surface area contributed by atoms with Crippen LogP contribution in [0.25, 0.3) is 0 Å². The highest BCUT2D eigenvalue weighted by Gasteiger charge is 2.06. The second-order valence-corrected chi connectivity index (χ2v) is 4.27. The monoisotopic (exact) mass is 219 g/mol. The van der Waals surface area contributed by atoms with Crippen molar-refractivity contribution in [2.75, 3.05) is 12.0 Å². The lowest BCUT2D eigenvalue weighted by Gasteiger charge is -2.11. The molecule has 5 heteroatoms. The topological polar surface area (TPSA) is 30.7 Å². The Morgan fingerprint density at radius 2 is 2.46 bits per heavy atom. The summed E-state index contributed by atoms with van der Waals surface area (Å²) in [7, 11) is 0. The van der Waals surface area contributed by atoms with Gasteiger partial charge in [-0.25, -0.2) is 0 Å². The molecule has 0 aliphatic carbocycles. The molecule has 0 spiro atoms. The minimum absolute atomic E-state index is 0.436. The molecular formula is C8H14ClN3S. The zero-order valence-electron chi connectivity index (χ0n) is 7.90. The number of hydrogen-bond donors (Lipinski definition) is 0. The van der Waals surface area contributed by atoms with Crippen LogP contribution in [0, 0.1) is 5.92 Å². The smallest absolute Gasteiger partial charge is 0.147 e. The fourth-order valence-corrected chi connectivity index (χ4v) is 2.09. The third kappa shape index (κ3) is 3.19. The summed E-state index contributed by atoms with van der Waals surface area (Å²) in [6.07, 6.45) is 3.86. The summed E-state index contributed by atoms with van der Waals surface area (Å²) in [5, 5.41) is 7.75. The standard InChI is InChI=1S/C8H14ClN3S/c1-7(5-13-2)4-12-6-10-11-8(12)3-9/h6-7H,3-5H2,1-2H3. The molecule has 0 aliphatic rings. The number of alkyl halides is 1. The average molecular weight is 220 g/mol. The summed E-state index contributed by atoms with van der Waals surface area (Å²) in [5.41, 5.74) is 0. The molecule has 3 nitrogen and oxygen atoms in total. The molecule has 1 heterocycles. The van der Waals surface area contributed by atoms with Crippen molar-refractivity contribution >= 4 is 23.4 Å². The van der Waals surface area contributed by atoms with Crippen molar-refractivity contribution in [1.82, 2.24) is 14.8 Å². The quantitative estimate of drug-likeness (QED) is 0.710. The number of thioether (sulfide) groups is 1. The van der Waals surface area contributed by atoms with Crippen LogP contribution in [0.4, 0.5) is 0 Å². The maximum Gasteiger partial charge on any atom is 0.147 e. The molecule has 1 rings (SSSR count). The van der Waals surface area contributed by atoms with E-state index in [-0.39, 0.29) is 0 Å². The number of nitrogens with zero attached hydrogens (tertiary/aromatic N) is 3. The van der Waals surface area contributed by atoms with E-state index in [0.717, 1.165) is 18.1 Å². The summed E-state index contributed by atoms with van der Waals surface area (Å²) >= 11 is 7.56. The van der Waals surface area contributed by atoms with Gasteiger partial charge in [0.1, 0.15) is 12.2 Å². The van der Waals surface area contributed by atoms with E-state index in [1.807, 2.05) is 16.3 Å². The van der Waals surface area contributed by atoms with Gasteiger partial charge in [0.05, 0.1) is 5.88 Å². The second-order valence-electron chi connectivity index (χ2n) is 3.09. The Balaban J connectivity index is 2.52. The van der Waals surface area contributed by atoms with Gasteiger partial charge >= 0.3 is 0 Å². The van der Waals surface area contributed by atoms with Crippen LogP contribution in [0.15, 0.2) is 6.33 Å². The Kier molecular flexibility index (Phi) is 4.59. The molecular weight excluding hydrogens is 206 g/mol. The fraction of sp³-hybridized carbons (Fsp3) is 0.750. The summed E-state index contributed by atoms with van der Waals surface area (Å²) in [6, 6.07) is 0. The molecule has 13 heavy (non-hydrogen) atoms. The van der Waals surface area contributed by atoms with Crippen LogP contribution in [0.1, 0.15) is 12.7 Å². The van der Waals surface area contributed by atoms with Gasteiger partial charge in [-0.2, -0.15) is 11.8 Å². The van der Waals surface area contributed by atoms with Crippen LogP contribution in [0.3, 0.4) is 0 Å². The first-order chi connectivity index (χ1) is 6.27. The third-order valence-corrected chi connectivity index (χ3v) is 2.92. The van der Waals surface area contributed by atoms with Gasteiger partial charge in [0, 0.05) is 6.54 Å². The summed E-state index contributed by atoms with van der Waals surface area (Å²) in [5.74, 6) is 3.08. The molecule has 0 fully saturated rings. The first-order valence-corrected chi connectivity index (χ1v) is 6.12. The van der Waals surface area contributed by atoms with Crippen LogP contribution >= 0.6 is 23.4 Å². The average Bonchev–Trinajstić information content (AvgIpc) is 2.52. The molecule has 0 aliphatic heterocycles. The molecule has 0 radical (unpaired) electrons. The maximum atomic E-state index is 5.71. The fourth-order valence-electron chi connectivity index (χ4n) is 1.21. The van der Waals surface area contributed by atoms with Crippen LogP contribution in [-0.4, -0.2) is 26.8 Å². The predicted octanol–water partition coefficient (Wildman–Crippen LogP) is 2.02. The molecule has 0 saturated heterocycles. The van der Waals surface area contributed by atoms with Gasteiger partial charge in [0.2, 0.25) is 0 Å². The van der Waals surface area contributed by atoms with Crippen molar-refractivity contribution in [3.05, 3.63) is 12.2 Å². The zero-order valence-corrected chi connectivity index (χ0v) is 9.48. The summed E-state index contributed by atoms with van der Waals surface area (Å²) in [4.78, 5) is 0. The Morgan fingerprint density at radius 1 is 1.69 bits per heavy atom. The van der Waals surface area contributed by atoms with E-state index in [0.29, 0.717) is 11.8 Å². The van der Waals surface area contributed by atoms with Gasteiger partial charge in [-0.3, -0.25) is 0 Å². The van der Waals surface area contributed by atoms with E-state index in [9.17, 15) is 0 Å². The van der Waals surface area contributed by atoms with Crippen molar-refractivity contribution in [3.8, 4) is 0 Å². The molecule has 0 bridgehead atoms. The lowest BCUT2D eigenvalue weighted by atomic mass is 10.2. The molecule has 1 aromatic rings. The first kappa shape index (κ1) is 10.9. The van der Waals surface area contributed by atoms with Gasteiger partial charge in [-0.1, -0.05) is 6.92 Å². The van der Waals surface area contributed by atoms with E-state index in [4.69, 9.17) is 11.6 Å². The van der Waals surface area contributed by atoms with E-state index in [1.165, 1.54) is 0 Å². The summed E-state index contributed by atoms with van der Waals surface area (Å²) in [6.45, 7) is 3.17. The van der Waals surface area contributed by atoms with Crippen molar-refractivity contribution in [3.63, 3.8) is 0 Å². The van der Waals surface area contributed by atoms with Gasteiger partial charge in [-0.05, 0) is 17.9 Å². The van der Waals surface area contributed by atoms with Gasteiger partial charge in [0.15, 0.2) is 0 Å². The first-order valence-electron chi connectivity index (χ1n) is 4.19. The number of rotatable bonds is 5. The van der Waals surface area contributed by atoms with E-state index >= 15 is 0 Å². The van der Waals surface area contributed by atoms with Crippen LogP contribution in [0.2, 0.25) is 0 Å². The molecule has 0 saturated carbocycles. The predicted molar refractivity (Wildman–Crippen MR) is 57.1 cm³/mol. The van der Waals surface area contributed by atoms with Crippen LogP contribution in [0.5, 0.6) is 0 Å². The van der Waals surface area contributed by atoms with Crippen molar-refractivity contribution in [2.45, 2.75) is 19.3 Å². The molecule has 0 amide bonds. The Labute approximate surface area is 87.9 Å². The molecule has 0 N–H and O–H groups in total. The highest BCUT2D eigenvalue weighted by molar-refractivity contribution is 7.98. The zero-order chi connectivity index (χ0) is 9.68. The molecule has 1 aromatic heterocycles. The lowest BCUT2D eigenvalue weighted by molar-refractivity contribution is 0.519. The minimum atomic E-state index is 0.436. The Bertz CT molecular complexity index is 251. The molecule has 1 atom stereocenters. The van der Waals surface area contributed by atoms with Crippen molar-refractivity contribution in [1.29, 1.82) is 0 Å². The van der Waals surface area contributed by atoms with E-state index < -0.39 is 0 Å². The highest BCUT2D eigenvalue weighted by atomic mass is 35.5. The van der Waals surface area contributed by atoms with Crippen LogP contribution < -0.4 is 0 Å². The number of halogens is 1. The maximum absolute atomic E-state index is 5.71. The normalized spacial score (nSPS) is 13.2. The van der Waals surface area contributed by atoms with Gasteiger partial charge < -0.3 is 4.57 Å². The van der Waals surface area contributed by atoms with E-state index in [1.54, 1.807) is 6.33 Å². The Hall–Kier alpha value is -0.220. The van der Waals surface area contributed by atoms with E-state index in [2.05, 4.69) is 23.4 Å². The second kappa shape index (κ2) is 5.50. The molecule has 74 valence electrons. The number of hydrogen-bond acceptors (Lipinski definition) is 3. The lowest BCUT2D eigenvalue weighted by Crippen LogP contribution is -2.11. The SMILES string of the molecule is CSCC(C)Cn1cnnc1CCl. The highest BCUT2D eigenvalue weighted by Crippen LogP contribution is 2.09.